The Labute approximate surface area is 185 Å². The highest BCUT2D eigenvalue weighted by atomic mass is 16.5. The SMILES string of the molecule is COc1cc(CCC(C)=O)ccc1OCC1CN(C(=O)c2ccc3n[nH]nc3c2)CCO1. The van der Waals surface area contributed by atoms with Crippen molar-refractivity contribution >= 4 is 22.7 Å². The second-order valence-electron chi connectivity index (χ2n) is 7.77. The number of aromatic nitrogens is 3. The molecule has 0 bridgehead atoms. The van der Waals surface area contributed by atoms with Gasteiger partial charge < -0.3 is 23.9 Å². The zero-order valence-corrected chi connectivity index (χ0v) is 18.2. The Balaban J connectivity index is 1.36. The van der Waals surface area contributed by atoms with Gasteiger partial charge in [0.2, 0.25) is 0 Å². The van der Waals surface area contributed by atoms with Crippen LogP contribution in [0.25, 0.3) is 11.0 Å². The summed E-state index contributed by atoms with van der Waals surface area (Å²) in [4.78, 5) is 25.9. The molecule has 2 aromatic carbocycles. The summed E-state index contributed by atoms with van der Waals surface area (Å²) >= 11 is 0. The fourth-order valence-corrected chi connectivity index (χ4v) is 3.65. The first-order valence-corrected chi connectivity index (χ1v) is 10.5. The van der Waals surface area contributed by atoms with Crippen molar-refractivity contribution in [2.45, 2.75) is 25.9 Å². The number of morpholine rings is 1. The van der Waals surface area contributed by atoms with E-state index in [1.807, 2.05) is 18.2 Å². The maximum Gasteiger partial charge on any atom is 0.254 e. The second kappa shape index (κ2) is 9.78. The molecule has 32 heavy (non-hydrogen) atoms. The van der Waals surface area contributed by atoms with Gasteiger partial charge in [-0.1, -0.05) is 6.07 Å². The summed E-state index contributed by atoms with van der Waals surface area (Å²) in [5.74, 6) is 1.28. The Hall–Kier alpha value is -3.46. The minimum Gasteiger partial charge on any atom is -0.493 e. The molecule has 0 aliphatic carbocycles. The summed E-state index contributed by atoms with van der Waals surface area (Å²) in [6.45, 7) is 3.25. The lowest BCUT2D eigenvalue weighted by atomic mass is 10.1. The smallest absolute Gasteiger partial charge is 0.254 e. The van der Waals surface area contributed by atoms with Crippen molar-refractivity contribution in [2.75, 3.05) is 33.4 Å². The molecule has 1 amide bonds. The average Bonchev–Trinajstić information content (AvgIpc) is 3.29. The second-order valence-corrected chi connectivity index (χ2v) is 7.77. The molecule has 1 aliphatic rings. The molecule has 1 N–H and O–H groups in total. The maximum atomic E-state index is 13.0. The lowest BCUT2D eigenvalue weighted by Crippen LogP contribution is -2.47. The molecule has 1 saturated heterocycles. The topological polar surface area (TPSA) is 107 Å². The molecule has 2 heterocycles. The van der Waals surface area contributed by atoms with E-state index < -0.39 is 0 Å². The maximum absolute atomic E-state index is 13.0. The molecule has 0 radical (unpaired) electrons. The van der Waals surface area contributed by atoms with Crippen LogP contribution in [0.5, 0.6) is 11.5 Å². The van der Waals surface area contributed by atoms with Gasteiger partial charge in [0.15, 0.2) is 11.5 Å². The monoisotopic (exact) mass is 438 g/mol. The lowest BCUT2D eigenvalue weighted by Gasteiger charge is -2.33. The molecule has 9 heteroatoms. The highest BCUT2D eigenvalue weighted by molar-refractivity contribution is 5.97. The predicted molar refractivity (Wildman–Crippen MR) is 117 cm³/mol. The molecule has 1 fully saturated rings. The molecule has 1 aliphatic heterocycles. The number of nitrogens with zero attached hydrogens (tertiary/aromatic N) is 3. The fourth-order valence-electron chi connectivity index (χ4n) is 3.65. The van der Waals surface area contributed by atoms with Crippen LogP contribution in [-0.4, -0.2) is 71.5 Å². The molecule has 9 nitrogen and oxygen atoms in total. The largest absolute Gasteiger partial charge is 0.493 e. The summed E-state index contributed by atoms with van der Waals surface area (Å²) in [7, 11) is 1.58. The van der Waals surface area contributed by atoms with Crippen molar-refractivity contribution in [1.82, 2.24) is 20.3 Å². The van der Waals surface area contributed by atoms with Gasteiger partial charge in [-0.2, -0.15) is 15.4 Å². The van der Waals surface area contributed by atoms with Crippen LogP contribution < -0.4 is 9.47 Å². The molecule has 1 atom stereocenters. The number of hydrogen-bond donors (Lipinski definition) is 1. The van der Waals surface area contributed by atoms with Crippen molar-refractivity contribution in [2.24, 2.45) is 0 Å². The Kier molecular flexibility index (Phi) is 6.65. The van der Waals surface area contributed by atoms with Crippen molar-refractivity contribution < 1.29 is 23.8 Å². The molecule has 0 saturated carbocycles. The van der Waals surface area contributed by atoms with Gasteiger partial charge in [-0.3, -0.25) is 4.79 Å². The lowest BCUT2D eigenvalue weighted by molar-refractivity contribution is -0.116. The van der Waals surface area contributed by atoms with Gasteiger partial charge in [0.1, 0.15) is 29.5 Å². The molecular weight excluding hydrogens is 412 g/mol. The molecule has 1 aromatic heterocycles. The Bertz CT molecular complexity index is 1110. The molecule has 4 rings (SSSR count). The van der Waals surface area contributed by atoms with E-state index in [4.69, 9.17) is 14.2 Å². The van der Waals surface area contributed by atoms with E-state index in [9.17, 15) is 9.59 Å². The summed E-state index contributed by atoms with van der Waals surface area (Å²) < 4.78 is 17.2. The number of amides is 1. The Morgan fingerprint density at radius 1 is 1.16 bits per heavy atom. The number of methoxy groups -OCH3 is 1. The van der Waals surface area contributed by atoms with E-state index in [0.717, 1.165) is 11.1 Å². The van der Waals surface area contributed by atoms with Gasteiger partial charge in [0, 0.05) is 18.5 Å². The van der Waals surface area contributed by atoms with Gasteiger partial charge in [-0.05, 0) is 49.2 Å². The zero-order chi connectivity index (χ0) is 22.5. The first-order chi connectivity index (χ1) is 15.5. The number of H-pyrrole nitrogens is 1. The third-order valence-corrected chi connectivity index (χ3v) is 5.41. The first-order valence-electron chi connectivity index (χ1n) is 10.5. The molecule has 3 aromatic rings. The summed E-state index contributed by atoms with van der Waals surface area (Å²) in [5, 5.41) is 10.6. The van der Waals surface area contributed by atoms with Crippen molar-refractivity contribution in [1.29, 1.82) is 0 Å². The van der Waals surface area contributed by atoms with Gasteiger partial charge in [-0.15, -0.1) is 0 Å². The summed E-state index contributed by atoms with van der Waals surface area (Å²) in [5.41, 5.74) is 2.95. The van der Waals surface area contributed by atoms with Crippen molar-refractivity contribution in [3.05, 3.63) is 47.5 Å². The number of carbonyl (C=O) groups is 2. The van der Waals surface area contributed by atoms with E-state index in [1.54, 1.807) is 37.1 Å². The van der Waals surface area contributed by atoms with Crippen LogP contribution >= 0.6 is 0 Å². The van der Waals surface area contributed by atoms with Crippen molar-refractivity contribution in [3.8, 4) is 11.5 Å². The fraction of sp³-hybridized carbons (Fsp3) is 0.391. The highest BCUT2D eigenvalue weighted by Crippen LogP contribution is 2.29. The van der Waals surface area contributed by atoms with E-state index in [-0.39, 0.29) is 24.4 Å². The number of ether oxygens (including phenoxy) is 3. The number of rotatable bonds is 8. The third-order valence-electron chi connectivity index (χ3n) is 5.41. The van der Waals surface area contributed by atoms with Gasteiger partial charge in [0.25, 0.3) is 5.91 Å². The summed E-state index contributed by atoms with van der Waals surface area (Å²) in [6, 6.07) is 10.9. The van der Waals surface area contributed by atoms with Crippen LogP contribution in [0.4, 0.5) is 0 Å². The Morgan fingerprint density at radius 2 is 2.00 bits per heavy atom. The minimum atomic E-state index is -0.259. The highest BCUT2D eigenvalue weighted by Gasteiger charge is 2.26. The van der Waals surface area contributed by atoms with Crippen LogP contribution in [0.2, 0.25) is 0 Å². The number of aromatic amines is 1. The third kappa shape index (κ3) is 5.05. The van der Waals surface area contributed by atoms with Crippen LogP contribution in [-0.2, 0) is 16.0 Å². The standard InChI is InChI=1S/C23H26N4O5/c1-15(28)3-4-16-5-8-21(22(11-16)30-2)32-14-18-13-27(9-10-31-18)23(29)17-6-7-19-20(12-17)25-26-24-19/h5-8,11-12,18H,3-4,9-10,13-14H2,1-2H3,(H,24,25,26). The van der Waals surface area contributed by atoms with Gasteiger partial charge >= 0.3 is 0 Å². The van der Waals surface area contributed by atoms with E-state index in [2.05, 4.69) is 15.4 Å². The Morgan fingerprint density at radius 3 is 2.81 bits per heavy atom. The van der Waals surface area contributed by atoms with Crippen LogP contribution in [0.3, 0.4) is 0 Å². The molecule has 0 spiro atoms. The molecule has 168 valence electrons. The first kappa shape index (κ1) is 21.8. The quantitative estimate of drug-likeness (QED) is 0.576. The van der Waals surface area contributed by atoms with Crippen LogP contribution in [0.15, 0.2) is 36.4 Å². The zero-order valence-electron chi connectivity index (χ0n) is 18.2. The number of fused-ring (bicyclic) bond motifs is 1. The normalized spacial score (nSPS) is 16.2. The van der Waals surface area contributed by atoms with Gasteiger partial charge in [-0.25, -0.2) is 0 Å². The van der Waals surface area contributed by atoms with Crippen LogP contribution in [0, 0.1) is 0 Å². The number of hydrogen-bond acceptors (Lipinski definition) is 7. The molecular formula is C23H26N4O5. The van der Waals surface area contributed by atoms with Crippen LogP contribution in [0.1, 0.15) is 29.3 Å². The van der Waals surface area contributed by atoms with E-state index >= 15 is 0 Å². The average molecular weight is 438 g/mol. The molecule has 1 unspecified atom stereocenters. The summed E-state index contributed by atoms with van der Waals surface area (Å²) in [6.07, 6.45) is 0.896. The number of carbonyl (C=O) groups excluding carboxylic acids is 2. The van der Waals surface area contributed by atoms with Gasteiger partial charge in [0.05, 0.1) is 20.3 Å². The number of nitrogens with one attached hydrogen (secondary N) is 1. The number of aryl methyl sites for hydroxylation is 1. The minimum absolute atomic E-state index is 0.0735. The number of Topliss-reactive ketones (excluding diaryl/α,β-unsaturated/α-hetero) is 1. The predicted octanol–water partition coefficient (Wildman–Crippen LogP) is 2.41. The number of ketones is 1. The van der Waals surface area contributed by atoms with E-state index in [0.29, 0.717) is 55.1 Å². The van der Waals surface area contributed by atoms with Crippen molar-refractivity contribution in [3.63, 3.8) is 0 Å². The van der Waals surface area contributed by atoms with E-state index in [1.165, 1.54) is 0 Å². The number of benzene rings is 2.